The van der Waals surface area contributed by atoms with Gasteiger partial charge >= 0.3 is 6.36 Å². The van der Waals surface area contributed by atoms with Crippen LogP contribution >= 0.6 is 24.0 Å². The number of nitrogens with zero attached hydrogens (tertiary/aromatic N) is 1. The molecule has 170 valence electrons. The fourth-order valence-electron chi connectivity index (χ4n) is 3.01. The molecule has 6 nitrogen and oxygen atoms in total. The molecule has 0 saturated carbocycles. The lowest BCUT2D eigenvalue weighted by Crippen LogP contribution is -2.24. The summed E-state index contributed by atoms with van der Waals surface area (Å²) in [6.45, 7) is 2.22. The molecule has 3 rings (SSSR count). The summed E-state index contributed by atoms with van der Waals surface area (Å²) in [4.78, 5) is 4.21. The fraction of sp³-hybridized carbons (Fsp3) is 0.381. The zero-order valence-electron chi connectivity index (χ0n) is 16.7. The monoisotopic (exact) mass is 551 g/mol. The number of anilines is 1. The van der Waals surface area contributed by atoms with E-state index in [-0.39, 0.29) is 54.0 Å². The van der Waals surface area contributed by atoms with E-state index in [1.165, 1.54) is 18.2 Å². The second-order valence-corrected chi connectivity index (χ2v) is 6.81. The van der Waals surface area contributed by atoms with Crippen molar-refractivity contribution in [2.75, 3.05) is 18.5 Å². The van der Waals surface area contributed by atoms with Gasteiger partial charge in [0.1, 0.15) is 0 Å². The second-order valence-electron chi connectivity index (χ2n) is 6.81. The van der Waals surface area contributed by atoms with E-state index in [1.54, 1.807) is 6.07 Å². The summed E-state index contributed by atoms with van der Waals surface area (Å²) >= 11 is 0. The average Bonchev–Trinajstić information content (AvgIpc) is 2.72. The van der Waals surface area contributed by atoms with Crippen molar-refractivity contribution in [2.45, 2.75) is 38.5 Å². The molecule has 3 N–H and O–H groups in total. The lowest BCUT2D eigenvalue weighted by molar-refractivity contribution is -0.274. The van der Waals surface area contributed by atoms with Gasteiger partial charge in [-0.3, -0.25) is 0 Å². The lowest BCUT2D eigenvalue weighted by atomic mass is 10.1. The molecule has 0 atom stereocenters. The molecular weight excluding hydrogens is 526 g/mol. The molecule has 31 heavy (non-hydrogen) atoms. The number of nitrogens with one attached hydrogen (secondary N) is 1. The Morgan fingerprint density at radius 1 is 1.10 bits per heavy atom. The van der Waals surface area contributed by atoms with Crippen molar-refractivity contribution in [3.63, 3.8) is 0 Å². The Bertz CT molecular complexity index is 859. The lowest BCUT2D eigenvalue weighted by Gasteiger charge is -2.22. The summed E-state index contributed by atoms with van der Waals surface area (Å²) < 4.78 is 52.8. The van der Waals surface area contributed by atoms with E-state index in [0.717, 1.165) is 37.2 Å². The average molecular weight is 551 g/mol. The zero-order chi connectivity index (χ0) is 21.4. The first-order valence-electron chi connectivity index (χ1n) is 9.58. The number of para-hydroxylation sites is 2. The molecule has 0 aliphatic carbocycles. The van der Waals surface area contributed by atoms with Gasteiger partial charge in [-0.05, 0) is 36.1 Å². The van der Waals surface area contributed by atoms with Gasteiger partial charge < -0.3 is 25.3 Å². The highest BCUT2D eigenvalue weighted by Crippen LogP contribution is 2.29. The maximum absolute atomic E-state index is 12.5. The van der Waals surface area contributed by atoms with Crippen LogP contribution in [0.1, 0.15) is 24.0 Å². The number of ether oxygens (including phenoxy) is 3. The summed E-state index contributed by atoms with van der Waals surface area (Å²) in [7, 11) is 0. The smallest absolute Gasteiger partial charge is 0.404 e. The minimum Gasteiger partial charge on any atom is -0.404 e. The largest absolute Gasteiger partial charge is 0.573 e. The molecule has 1 saturated heterocycles. The van der Waals surface area contributed by atoms with Gasteiger partial charge in [0.05, 0.1) is 24.9 Å². The Labute approximate surface area is 196 Å². The number of halogens is 4. The molecule has 0 unspecified atom stereocenters. The van der Waals surface area contributed by atoms with Crippen LogP contribution in [0.15, 0.2) is 53.5 Å². The predicted octanol–water partition coefficient (Wildman–Crippen LogP) is 4.83. The Hall–Kier alpha value is -2.05. The topological polar surface area (TPSA) is 78.1 Å². The highest BCUT2D eigenvalue weighted by molar-refractivity contribution is 14.0. The van der Waals surface area contributed by atoms with E-state index in [1.807, 2.05) is 24.3 Å². The molecule has 1 aliphatic heterocycles. The molecule has 0 spiro atoms. The number of alkyl halides is 3. The molecule has 1 fully saturated rings. The standard InChI is InChI=1S/C21H24F3N3O3.HI/c22-21(23,24)30-19-7-2-1-6-18(19)27-20(25)26-13-15-4-3-5-16(12-15)14-29-17-8-10-28-11-9-17;/h1-7,12,17H,8-11,13-14H2,(H3,25,26,27);1H. The SMILES string of the molecule is I.NC(=NCc1cccc(COC2CCOCC2)c1)Nc1ccccc1OC(F)(F)F. The van der Waals surface area contributed by atoms with Crippen molar-refractivity contribution in [1.29, 1.82) is 0 Å². The maximum Gasteiger partial charge on any atom is 0.573 e. The molecule has 0 bridgehead atoms. The number of guanidine groups is 1. The van der Waals surface area contributed by atoms with E-state index < -0.39 is 6.36 Å². The van der Waals surface area contributed by atoms with Gasteiger partial charge in [-0.15, -0.1) is 37.1 Å². The quantitative estimate of drug-likeness (QED) is 0.293. The van der Waals surface area contributed by atoms with Crippen LogP contribution in [-0.4, -0.2) is 31.6 Å². The number of hydrogen-bond acceptors (Lipinski definition) is 4. The first kappa shape index (κ1) is 25.2. The summed E-state index contributed by atoms with van der Waals surface area (Å²) in [5, 5.41) is 2.65. The van der Waals surface area contributed by atoms with E-state index >= 15 is 0 Å². The van der Waals surface area contributed by atoms with Crippen LogP contribution in [0.4, 0.5) is 18.9 Å². The van der Waals surface area contributed by atoms with Gasteiger partial charge in [0.2, 0.25) is 0 Å². The normalized spacial score (nSPS) is 15.3. The van der Waals surface area contributed by atoms with Crippen molar-refractivity contribution in [2.24, 2.45) is 10.7 Å². The first-order valence-corrected chi connectivity index (χ1v) is 9.58. The van der Waals surface area contributed by atoms with E-state index in [9.17, 15) is 13.2 Å². The minimum atomic E-state index is -4.79. The minimum absolute atomic E-state index is 0. The Kier molecular flexibility index (Phi) is 9.85. The van der Waals surface area contributed by atoms with E-state index in [2.05, 4.69) is 15.0 Å². The molecule has 1 aliphatic rings. The predicted molar refractivity (Wildman–Crippen MR) is 123 cm³/mol. The van der Waals surface area contributed by atoms with E-state index in [0.29, 0.717) is 6.61 Å². The third kappa shape index (κ3) is 8.91. The Morgan fingerprint density at radius 2 is 1.81 bits per heavy atom. The Morgan fingerprint density at radius 3 is 2.55 bits per heavy atom. The summed E-state index contributed by atoms with van der Waals surface area (Å²) in [6, 6.07) is 13.4. The fourth-order valence-corrected chi connectivity index (χ4v) is 3.01. The van der Waals surface area contributed by atoms with Crippen LogP contribution in [-0.2, 0) is 22.6 Å². The van der Waals surface area contributed by atoms with Crippen LogP contribution in [0.3, 0.4) is 0 Å². The van der Waals surface area contributed by atoms with Crippen molar-refractivity contribution >= 4 is 35.6 Å². The highest BCUT2D eigenvalue weighted by atomic mass is 127. The number of hydrogen-bond donors (Lipinski definition) is 2. The number of benzene rings is 2. The molecule has 0 aromatic heterocycles. The number of rotatable bonds is 7. The third-order valence-electron chi connectivity index (χ3n) is 4.45. The molecule has 2 aromatic rings. The second kappa shape index (κ2) is 12.1. The molecule has 1 heterocycles. The van der Waals surface area contributed by atoms with Crippen LogP contribution in [0, 0.1) is 0 Å². The summed E-state index contributed by atoms with van der Waals surface area (Å²) in [6.07, 6.45) is -2.80. The molecule has 10 heteroatoms. The van der Waals surface area contributed by atoms with Crippen LogP contribution in [0.25, 0.3) is 0 Å². The van der Waals surface area contributed by atoms with Crippen LogP contribution in [0.2, 0.25) is 0 Å². The van der Waals surface area contributed by atoms with Crippen LogP contribution in [0.5, 0.6) is 5.75 Å². The summed E-state index contributed by atoms with van der Waals surface area (Å²) in [5.41, 5.74) is 7.85. The number of aliphatic imine (C=N–C) groups is 1. The highest BCUT2D eigenvalue weighted by Gasteiger charge is 2.32. The molecule has 0 radical (unpaired) electrons. The van der Waals surface area contributed by atoms with Gasteiger partial charge in [0.25, 0.3) is 0 Å². The van der Waals surface area contributed by atoms with Gasteiger partial charge in [0.15, 0.2) is 11.7 Å². The van der Waals surface area contributed by atoms with E-state index in [4.69, 9.17) is 15.2 Å². The van der Waals surface area contributed by atoms with Gasteiger partial charge in [-0.25, -0.2) is 4.99 Å². The van der Waals surface area contributed by atoms with Crippen molar-refractivity contribution in [3.05, 3.63) is 59.7 Å². The Balaban J connectivity index is 0.00000341. The van der Waals surface area contributed by atoms with Crippen molar-refractivity contribution in [3.8, 4) is 5.75 Å². The first-order chi connectivity index (χ1) is 14.4. The zero-order valence-corrected chi connectivity index (χ0v) is 19.1. The van der Waals surface area contributed by atoms with Gasteiger partial charge in [0, 0.05) is 13.2 Å². The molecule has 0 amide bonds. The number of nitrogens with two attached hydrogens (primary N) is 1. The van der Waals surface area contributed by atoms with Gasteiger partial charge in [-0.1, -0.05) is 36.4 Å². The maximum atomic E-state index is 12.5. The summed E-state index contributed by atoms with van der Waals surface area (Å²) in [5.74, 6) is -0.396. The van der Waals surface area contributed by atoms with Crippen molar-refractivity contribution in [1.82, 2.24) is 0 Å². The van der Waals surface area contributed by atoms with Crippen molar-refractivity contribution < 1.29 is 27.4 Å². The molecule has 2 aromatic carbocycles. The van der Waals surface area contributed by atoms with Gasteiger partial charge in [-0.2, -0.15) is 0 Å². The third-order valence-corrected chi connectivity index (χ3v) is 4.45. The molecular formula is C21H25F3IN3O3. The van der Waals surface area contributed by atoms with Crippen LogP contribution < -0.4 is 15.8 Å².